The molecule has 1 spiro atoms. The number of aromatic nitrogens is 3. The number of aromatic hydroxyl groups is 1. The Morgan fingerprint density at radius 2 is 1.85 bits per heavy atom. The average Bonchev–Trinajstić information content (AvgIpc) is 3.69. The molecule has 0 radical (unpaired) electrons. The molecule has 13 heteroatoms. The number of benzene rings is 2. The van der Waals surface area contributed by atoms with Crippen molar-refractivity contribution in [2.24, 2.45) is 0 Å². The van der Waals surface area contributed by atoms with Gasteiger partial charge in [0.05, 0.1) is 10.9 Å². The van der Waals surface area contributed by atoms with E-state index in [1.807, 2.05) is 4.90 Å². The number of nitrogens with zero attached hydrogens (tertiary/aromatic N) is 5. The molecule has 2 aromatic heterocycles. The molecule has 8 nitrogen and oxygen atoms in total. The molecule has 242 valence electrons. The molecular weight excluding hydrogens is 622 g/mol. The summed E-state index contributed by atoms with van der Waals surface area (Å²) in [5.74, 6) is -2.36. The Morgan fingerprint density at radius 1 is 1.02 bits per heavy atom. The zero-order valence-electron chi connectivity index (χ0n) is 25.1. The summed E-state index contributed by atoms with van der Waals surface area (Å²) < 4.78 is 79.4. The number of phenolic OH excluding ortho intramolecular Hbond substituents is 1. The van der Waals surface area contributed by atoms with E-state index in [4.69, 9.17) is 9.72 Å². The molecule has 1 N–H and O–H groups in total. The van der Waals surface area contributed by atoms with Crippen LogP contribution >= 0.6 is 0 Å². The third-order valence-electron chi connectivity index (χ3n) is 10.5. The number of hydrogen-bond acceptors (Lipinski definition) is 8. The van der Waals surface area contributed by atoms with Gasteiger partial charge >= 0.3 is 6.01 Å². The molecule has 4 saturated heterocycles. The third kappa shape index (κ3) is 4.71. The lowest BCUT2D eigenvalue weighted by Crippen LogP contribution is -2.45. The first-order valence-corrected chi connectivity index (χ1v) is 17.1. The van der Waals surface area contributed by atoms with E-state index >= 15 is 8.78 Å². The van der Waals surface area contributed by atoms with Crippen molar-refractivity contribution in [3.8, 4) is 23.0 Å². The van der Waals surface area contributed by atoms with Crippen molar-refractivity contribution in [1.29, 1.82) is 0 Å². The minimum atomic E-state index is -1.18. The van der Waals surface area contributed by atoms with Crippen molar-refractivity contribution in [2.45, 2.75) is 61.4 Å². The van der Waals surface area contributed by atoms with Gasteiger partial charge in [0.1, 0.15) is 35.6 Å². The molecule has 1 unspecified atom stereocenters. The van der Waals surface area contributed by atoms with Crippen molar-refractivity contribution in [2.75, 3.05) is 43.4 Å². The van der Waals surface area contributed by atoms with Crippen LogP contribution in [0.25, 0.3) is 32.9 Å². The molecule has 4 aromatic rings. The second kappa shape index (κ2) is 11.0. The van der Waals surface area contributed by atoms with E-state index in [0.29, 0.717) is 55.9 Å². The smallest absolute Gasteiger partial charge is 0.319 e. The molecule has 4 fully saturated rings. The van der Waals surface area contributed by atoms with Gasteiger partial charge in [0.2, 0.25) is 0 Å². The molecule has 3 atom stereocenters. The maximum atomic E-state index is 16.6. The number of anilines is 1. The van der Waals surface area contributed by atoms with E-state index in [0.717, 1.165) is 44.4 Å². The Labute approximate surface area is 265 Å². The van der Waals surface area contributed by atoms with Crippen LogP contribution in [0.4, 0.5) is 23.4 Å². The van der Waals surface area contributed by atoms with Gasteiger partial charge in [-0.2, -0.15) is 9.97 Å². The quantitative estimate of drug-likeness (QED) is 0.270. The zero-order chi connectivity index (χ0) is 31.8. The first kappa shape index (κ1) is 29.8. The third-order valence-corrected chi connectivity index (χ3v) is 12.8. The number of piperidine rings is 1. The lowest BCUT2D eigenvalue weighted by atomic mass is 9.91. The van der Waals surface area contributed by atoms with E-state index in [1.165, 1.54) is 18.3 Å². The Balaban J connectivity index is 1.23. The Hall–Kier alpha value is -3.58. The van der Waals surface area contributed by atoms with Crippen LogP contribution in [0.3, 0.4) is 0 Å². The zero-order valence-corrected chi connectivity index (χ0v) is 25.9. The SMILES string of the molecule is O=S1CCCC12CCN(c1nc(OC[C@@]34CCCN3C[C@H](F)C4)nc3c(F)c(-c4cc(O)cc5ccc(F)c(F)c45)ncc13)CC2. The van der Waals surface area contributed by atoms with Gasteiger partial charge in [-0.25, -0.2) is 17.6 Å². The second-order valence-electron chi connectivity index (χ2n) is 13.2. The summed E-state index contributed by atoms with van der Waals surface area (Å²) in [7, 11) is -0.897. The fourth-order valence-electron chi connectivity index (χ4n) is 8.19. The Kier molecular flexibility index (Phi) is 7.13. The highest BCUT2D eigenvalue weighted by Crippen LogP contribution is 2.43. The van der Waals surface area contributed by atoms with Gasteiger partial charge in [0.15, 0.2) is 17.5 Å². The normalized spacial score (nSPS) is 26.0. The molecule has 2 aromatic carbocycles. The molecule has 0 saturated carbocycles. The number of hydrogen-bond donors (Lipinski definition) is 1. The lowest BCUT2D eigenvalue weighted by molar-refractivity contribution is 0.107. The van der Waals surface area contributed by atoms with Crippen molar-refractivity contribution in [3.05, 3.63) is 47.9 Å². The second-order valence-corrected chi connectivity index (χ2v) is 15.1. The largest absolute Gasteiger partial charge is 0.508 e. The summed E-state index contributed by atoms with van der Waals surface area (Å²) in [6.45, 7) is 2.36. The molecule has 8 rings (SSSR count). The van der Waals surface area contributed by atoms with Crippen LogP contribution in [-0.4, -0.2) is 84.2 Å². The number of rotatable bonds is 5. The number of halogens is 4. The first-order chi connectivity index (χ1) is 22.2. The van der Waals surface area contributed by atoms with Crippen LogP contribution in [0.15, 0.2) is 30.5 Å². The summed E-state index contributed by atoms with van der Waals surface area (Å²) >= 11 is 0. The molecule has 4 aliphatic heterocycles. The average molecular weight is 656 g/mol. The van der Waals surface area contributed by atoms with E-state index in [-0.39, 0.29) is 50.7 Å². The maximum Gasteiger partial charge on any atom is 0.319 e. The van der Waals surface area contributed by atoms with Crippen molar-refractivity contribution in [1.82, 2.24) is 19.9 Å². The fourth-order valence-corrected chi connectivity index (χ4v) is 10.0. The van der Waals surface area contributed by atoms with E-state index in [9.17, 15) is 18.1 Å². The molecule has 6 heterocycles. The van der Waals surface area contributed by atoms with Crippen molar-refractivity contribution in [3.63, 3.8) is 0 Å². The minimum absolute atomic E-state index is 0.0789. The van der Waals surface area contributed by atoms with Gasteiger partial charge in [0.25, 0.3) is 0 Å². The van der Waals surface area contributed by atoms with Crippen molar-refractivity contribution < 1.29 is 31.6 Å². The molecule has 0 aliphatic carbocycles. The van der Waals surface area contributed by atoms with E-state index in [1.54, 1.807) is 0 Å². The summed E-state index contributed by atoms with van der Waals surface area (Å²) in [5.41, 5.74) is -1.05. The first-order valence-electron chi connectivity index (χ1n) is 15.8. The standard InChI is InChI=1S/C33H33F4N5O3S/c34-20-15-32(5-1-9-42(32)17-20)18-45-31-39-29-23(30(40-31)41-10-7-33(8-11-41)6-2-12-46(33)44)16-38-28(27(29)37)22-14-21(43)13-19-3-4-24(35)26(36)25(19)22/h3-4,13-14,16,20,43H,1-2,5-12,15,17-18H2/t20-,32+,46?/m1/s1. The predicted molar refractivity (Wildman–Crippen MR) is 167 cm³/mol. The monoisotopic (exact) mass is 655 g/mol. The topological polar surface area (TPSA) is 91.7 Å². The molecule has 0 bridgehead atoms. The number of fused-ring (bicyclic) bond motifs is 3. The van der Waals surface area contributed by atoms with Gasteiger partial charge in [-0.1, -0.05) is 6.07 Å². The van der Waals surface area contributed by atoms with Crippen LogP contribution in [0.5, 0.6) is 11.8 Å². The van der Waals surface area contributed by atoms with Crippen LogP contribution < -0.4 is 9.64 Å². The van der Waals surface area contributed by atoms with Crippen LogP contribution in [0.2, 0.25) is 0 Å². The fraction of sp³-hybridized carbons (Fsp3) is 0.485. The lowest BCUT2D eigenvalue weighted by Gasteiger charge is -2.39. The number of phenols is 1. The number of pyridine rings is 1. The summed E-state index contributed by atoms with van der Waals surface area (Å²) in [5, 5.41) is 10.7. The molecule has 0 amide bonds. The molecule has 46 heavy (non-hydrogen) atoms. The van der Waals surface area contributed by atoms with Gasteiger partial charge in [0, 0.05) is 64.5 Å². The van der Waals surface area contributed by atoms with Crippen LogP contribution in [0.1, 0.15) is 44.9 Å². The minimum Gasteiger partial charge on any atom is -0.508 e. The Bertz CT molecular complexity index is 1910. The number of ether oxygens (including phenoxy) is 1. The summed E-state index contributed by atoms with van der Waals surface area (Å²) in [6.07, 6.45) is 5.74. The van der Waals surface area contributed by atoms with Crippen LogP contribution in [0, 0.1) is 17.5 Å². The number of alkyl halides is 1. The highest BCUT2D eigenvalue weighted by molar-refractivity contribution is 7.86. The van der Waals surface area contributed by atoms with Gasteiger partial charge in [-0.15, -0.1) is 0 Å². The highest BCUT2D eigenvalue weighted by Gasteiger charge is 2.49. The predicted octanol–water partition coefficient (Wildman–Crippen LogP) is 5.80. The maximum absolute atomic E-state index is 16.6. The van der Waals surface area contributed by atoms with E-state index in [2.05, 4.69) is 14.9 Å². The Morgan fingerprint density at radius 3 is 2.63 bits per heavy atom. The van der Waals surface area contributed by atoms with Crippen molar-refractivity contribution >= 4 is 38.3 Å². The van der Waals surface area contributed by atoms with Gasteiger partial charge in [-0.05, 0) is 68.7 Å². The highest BCUT2D eigenvalue weighted by atomic mass is 32.2. The summed E-state index contributed by atoms with van der Waals surface area (Å²) in [6, 6.07) is 4.58. The van der Waals surface area contributed by atoms with Gasteiger partial charge in [-0.3, -0.25) is 14.1 Å². The van der Waals surface area contributed by atoms with Gasteiger partial charge < -0.3 is 14.7 Å². The molecular formula is C33H33F4N5O3S. The molecule has 4 aliphatic rings. The summed E-state index contributed by atoms with van der Waals surface area (Å²) in [4.78, 5) is 17.7. The van der Waals surface area contributed by atoms with E-state index < -0.39 is 40.0 Å². The van der Waals surface area contributed by atoms with Crippen LogP contribution in [-0.2, 0) is 10.8 Å².